The first-order valence-electron chi connectivity index (χ1n) is 7.62. The van der Waals surface area contributed by atoms with Crippen LogP contribution in [-0.4, -0.2) is 15.2 Å². The Kier molecular flexibility index (Phi) is 8.27. The molecular formula is C16H27ClO2Si. The molecule has 114 valence electrons. The third kappa shape index (κ3) is 7.32. The number of para-hydroxylation sites is 1. The van der Waals surface area contributed by atoms with Crippen molar-refractivity contribution in [2.75, 3.05) is 6.61 Å². The van der Waals surface area contributed by atoms with Gasteiger partial charge in [0.05, 0.1) is 5.02 Å². The van der Waals surface area contributed by atoms with Crippen LogP contribution in [0, 0.1) is 0 Å². The van der Waals surface area contributed by atoms with Crippen molar-refractivity contribution in [3.63, 3.8) is 0 Å². The Morgan fingerprint density at radius 3 is 2.35 bits per heavy atom. The van der Waals surface area contributed by atoms with E-state index in [9.17, 15) is 0 Å². The van der Waals surface area contributed by atoms with Crippen LogP contribution in [0.2, 0.25) is 18.1 Å². The van der Waals surface area contributed by atoms with Gasteiger partial charge in [0.2, 0.25) is 0 Å². The van der Waals surface area contributed by atoms with Crippen molar-refractivity contribution in [2.24, 2.45) is 0 Å². The lowest BCUT2D eigenvalue weighted by Crippen LogP contribution is -2.38. The van der Waals surface area contributed by atoms with E-state index in [0.29, 0.717) is 5.02 Å². The molecule has 0 bridgehead atoms. The second-order valence-corrected chi connectivity index (χ2v) is 9.25. The van der Waals surface area contributed by atoms with Gasteiger partial charge in [-0.2, -0.15) is 0 Å². The van der Waals surface area contributed by atoms with E-state index in [1.54, 1.807) is 0 Å². The maximum absolute atomic E-state index is 6.10. The minimum Gasteiger partial charge on any atom is -0.519 e. The number of benzene rings is 1. The van der Waals surface area contributed by atoms with Crippen molar-refractivity contribution >= 4 is 20.2 Å². The van der Waals surface area contributed by atoms with Crippen molar-refractivity contribution in [1.82, 2.24) is 0 Å². The molecule has 0 spiro atoms. The van der Waals surface area contributed by atoms with Gasteiger partial charge in [0, 0.05) is 6.61 Å². The summed E-state index contributed by atoms with van der Waals surface area (Å²) in [5, 5.41) is 0.649. The molecule has 1 aromatic rings. The van der Waals surface area contributed by atoms with Crippen molar-refractivity contribution in [1.29, 1.82) is 0 Å². The zero-order chi connectivity index (χ0) is 14.8. The van der Waals surface area contributed by atoms with Gasteiger partial charge < -0.3 is 8.85 Å². The van der Waals surface area contributed by atoms with Crippen LogP contribution >= 0.6 is 11.6 Å². The summed E-state index contributed by atoms with van der Waals surface area (Å²) in [5.74, 6) is 0.730. The van der Waals surface area contributed by atoms with Gasteiger partial charge in [-0.3, -0.25) is 0 Å². The molecule has 0 saturated carbocycles. The summed E-state index contributed by atoms with van der Waals surface area (Å²) >= 11 is 6.10. The molecule has 0 aliphatic rings. The predicted molar refractivity (Wildman–Crippen MR) is 88.9 cm³/mol. The van der Waals surface area contributed by atoms with Crippen LogP contribution in [0.4, 0.5) is 0 Å². The third-order valence-electron chi connectivity index (χ3n) is 3.14. The maximum atomic E-state index is 6.10. The lowest BCUT2D eigenvalue weighted by Gasteiger charge is -2.24. The molecule has 1 rings (SSSR count). The molecule has 0 atom stereocenters. The zero-order valence-corrected chi connectivity index (χ0v) is 14.7. The van der Waals surface area contributed by atoms with E-state index in [0.717, 1.165) is 18.8 Å². The Morgan fingerprint density at radius 2 is 1.65 bits per heavy atom. The number of halogens is 1. The minimum atomic E-state index is -2.14. The highest BCUT2D eigenvalue weighted by molar-refractivity contribution is 6.65. The van der Waals surface area contributed by atoms with Crippen LogP contribution in [-0.2, 0) is 4.43 Å². The van der Waals surface area contributed by atoms with Crippen molar-refractivity contribution in [3.05, 3.63) is 29.3 Å². The second-order valence-electron chi connectivity index (χ2n) is 5.55. The Morgan fingerprint density at radius 1 is 1.00 bits per heavy atom. The molecule has 1 aromatic carbocycles. The van der Waals surface area contributed by atoms with Gasteiger partial charge in [-0.05, 0) is 31.6 Å². The molecular weight excluding hydrogens is 288 g/mol. The van der Waals surface area contributed by atoms with Gasteiger partial charge in [0.15, 0.2) is 0 Å². The zero-order valence-electron chi connectivity index (χ0n) is 13.0. The van der Waals surface area contributed by atoms with E-state index in [2.05, 4.69) is 20.0 Å². The summed E-state index contributed by atoms with van der Waals surface area (Å²) in [6.07, 6.45) is 7.65. The molecule has 0 N–H and O–H groups in total. The molecule has 0 fully saturated rings. The molecule has 0 aromatic heterocycles. The first-order chi connectivity index (χ1) is 9.55. The fraction of sp³-hybridized carbons (Fsp3) is 0.625. The highest BCUT2D eigenvalue weighted by Crippen LogP contribution is 2.26. The first-order valence-corrected chi connectivity index (χ1v) is 10.8. The molecule has 20 heavy (non-hydrogen) atoms. The molecule has 2 nitrogen and oxygen atoms in total. The van der Waals surface area contributed by atoms with E-state index < -0.39 is 8.56 Å². The number of hydrogen-bond acceptors (Lipinski definition) is 2. The van der Waals surface area contributed by atoms with E-state index >= 15 is 0 Å². The molecule has 0 amide bonds. The van der Waals surface area contributed by atoms with Crippen LogP contribution in [0.3, 0.4) is 0 Å². The fourth-order valence-electron chi connectivity index (χ4n) is 2.02. The molecule has 0 unspecified atom stereocenters. The monoisotopic (exact) mass is 314 g/mol. The van der Waals surface area contributed by atoms with Gasteiger partial charge in [-0.25, -0.2) is 0 Å². The van der Waals surface area contributed by atoms with Crippen LogP contribution in [0.25, 0.3) is 0 Å². The summed E-state index contributed by atoms with van der Waals surface area (Å²) in [5.41, 5.74) is 0. The molecule has 0 heterocycles. The Hall–Kier alpha value is -0.513. The van der Waals surface area contributed by atoms with Crippen LogP contribution in [0.5, 0.6) is 5.75 Å². The Labute approximate surface area is 129 Å². The van der Waals surface area contributed by atoms with Gasteiger partial charge in [-0.1, -0.05) is 62.8 Å². The molecule has 4 heteroatoms. The summed E-state index contributed by atoms with van der Waals surface area (Å²) in [6, 6.07) is 7.57. The molecule has 0 radical (unpaired) electrons. The fourth-order valence-corrected chi connectivity index (χ4v) is 3.66. The summed E-state index contributed by atoms with van der Waals surface area (Å²) in [4.78, 5) is 0. The summed E-state index contributed by atoms with van der Waals surface area (Å²) in [7, 11) is -2.14. The Bertz CT molecular complexity index is 382. The average Bonchev–Trinajstić information content (AvgIpc) is 2.40. The topological polar surface area (TPSA) is 18.5 Å². The average molecular weight is 315 g/mol. The largest absolute Gasteiger partial charge is 0.519 e. The molecule has 0 saturated heterocycles. The highest BCUT2D eigenvalue weighted by Gasteiger charge is 2.27. The van der Waals surface area contributed by atoms with Gasteiger partial charge in [0.1, 0.15) is 5.75 Å². The quantitative estimate of drug-likeness (QED) is 0.401. The lowest BCUT2D eigenvalue weighted by atomic mass is 10.1. The van der Waals surface area contributed by atoms with Gasteiger partial charge in [0.25, 0.3) is 0 Å². The SMILES string of the molecule is CCCCCCCCO[Si](C)(C)Oc1ccccc1Cl. The maximum Gasteiger partial charge on any atom is 0.392 e. The Balaban J connectivity index is 2.23. The van der Waals surface area contributed by atoms with Crippen molar-refractivity contribution < 1.29 is 8.85 Å². The second kappa shape index (κ2) is 9.43. The minimum absolute atomic E-state index is 0.649. The number of unbranched alkanes of at least 4 members (excludes halogenated alkanes) is 5. The van der Waals surface area contributed by atoms with E-state index in [1.165, 1.54) is 32.1 Å². The lowest BCUT2D eigenvalue weighted by molar-refractivity contribution is 0.241. The first kappa shape index (κ1) is 17.5. The third-order valence-corrected chi connectivity index (χ3v) is 5.06. The molecule has 0 aliphatic carbocycles. The normalized spacial score (nSPS) is 11.6. The highest BCUT2D eigenvalue weighted by atomic mass is 35.5. The van der Waals surface area contributed by atoms with Gasteiger partial charge in [-0.15, -0.1) is 0 Å². The standard InChI is InChI=1S/C16H27ClO2Si/c1-4-5-6-7-8-11-14-18-20(2,3)19-16-13-10-9-12-15(16)17/h9-10,12-13H,4-8,11,14H2,1-3H3. The van der Waals surface area contributed by atoms with Crippen molar-refractivity contribution in [3.8, 4) is 5.75 Å². The van der Waals surface area contributed by atoms with E-state index in [1.807, 2.05) is 24.3 Å². The van der Waals surface area contributed by atoms with E-state index in [4.69, 9.17) is 20.5 Å². The van der Waals surface area contributed by atoms with Crippen molar-refractivity contribution in [2.45, 2.75) is 58.5 Å². The van der Waals surface area contributed by atoms with E-state index in [-0.39, 0.29) is 0 Å². The van der Waals surface area contributed by atoms with Crippen LogP contribution in [0.1, 0.15) is 45.4 Å². The van der Waals surface area contributed by atoms with Gasteiger partial charge >= 0.3 is 8.56 Å². The number of hydrogen-bond donors (Lipinski definition) is 0. The van der Waals surface area contributed by atoms with Crippen LogP contribution in [0.15, 0.2) is 24.3 Å². The predicted octanol–water partition coefficient (Wildman–Crippen LogP) is 5.80. The summed E-state index contributed by atoms with van der Waals surface area (Å²) in [6.45, 7) is 7.15. The summed E-state index contributed by atoms with van der Waals surface area (Å²) < 4.78 is 11.9. The number of rotatable bonds is 10. The van der Waals surface area contributed by atoms with Crippen LogP contribution < -0.4 is 4.43 Å². The smallest absolute Gasteiger partial charge is 0.392 e. The molecule has 0 aliphatic heterocycles.